The highest BCUT2D eigenvalue weighted by Crippen LogP contribution is 2.32. The Morgan fingerprint density at radius 2 is 1.80 bits per heavy atom. The summed E-state index contributed by atoms with van der Waals surface area (Å²) < 4.78 is 50.4. The van der Waals surface area contributed by atoms with Crippen molar-refractivity contribution in [3.05, 3.63) is 28.7 Å². The zero-order chi connectivity index (χ0) is 15.2. The molecule has 0 aromatic heterocycles. The van der Waals surface area contributed by atoms with Crippen molar-refractivity contribution >= 4 is 35.8 Å². The highest BCUT2D eigenvalue weighted by Gasteiger charge is 2.46. The average molecular weight is 382 g/mol. The lowest BCUT2D eigenvalue weighted by atomic mass is 10.0. The van der Waals surface area contributed by atoms with E-state index in [1.54, 1.807) is 19.1 Å². The van der Waals surface area contributed by atoms with E-state index in [4.69, 9.17) is 0 Å². The topological polar surface area (TPSA) is 71.5 Å². The molecule has 8 heteroatoms. The highest BCUT2D eigenvalue weighted by atomic mass is 79.9. The Bertz CT molecular complexity index is 712. The third kappa shape index (κ3) is 2.93. The molecule has 112 valence electrons. The van der Waals surface area contributed by atoms with E-state index in [0.29, 0.717) is 6.42 Å². The quantitative estimate of drug-likeness (QED) is 0.797. The van der Waals surface area contributed by atoms with Crippen LogP contribution in [0, 0.1) is 0 Å². The van der Waals surface area contributed by atoms with Crippen LogP contribution in [0.3, 0.4) is 0 Å². The van der Waals surface area contributed by atoms with Gasteiger partial charge < -0.3 is 0 Å². The van der Waals surface area contributed by atoms with Crippen LogP contribution in [0.5, 0.6) is 0 Å². The number of sulfonamides is 1. The maximum Gasteiger partial charge on any atom is 0.243 e. The Kier molecular flexibility index (Phi) is 4.05. The summed E-state index contributed by atoms with van der Waals surface area (Å²) in [6.45, 7) is 1.67. The predicted molar refractivity (Wildman–Crippen MR) is 80.8 cm³/mol. The Morgan fingerprint density at radius 1 is 1.25 bits per heavy atom. The molecule has 1 aromatic rings. The normalized spacial score (nSPS) is 26.0. The van der Waals surface area contributed by atoms with E-state index in [2.05, 4.69) is 15.9 Å². The van der Waals surface area contributed by atoms with Gasteiger partial charge >= 0.3 is 0 Å². The fourth-order valence-corrected chi connectivity index (χ4v) is 6.36. The molecule has 1 aliphatic rings. The Hall–Kier alpha value is -0.440. The van der Waals surface area contributed by atoms with E-state index < -0.39 is 25.4 Å². The molecule has 1 aromatic carbocycles. The smallest absolute Gasteiger partial charge is 0.229 e. The van der Waals surface area contributed by atoms with Crippen LogP contribution in [0.25, 0.3) is 0 Å². The standard InChI is InChI=1S/C12H16BrNO4S2/c1-12(7-8-19(15,16)9-12)14(2)20(17,18)11-5-3-10(13)4-6-11/h3-6H,7-9H2,1-2H3/t12-/m1/s1. The maximum atomic E-state index is 12.6. The van der Waals surface area contributed by atoms with Crippen LogP contribution in [-0.2, 0) is 19.9 Å². The minimum atomic E-state index is -3.70. The largest absolute Gasteiger partial charge is 0.243 e. The summed E-state index contributed by atoms with van der Waals surface area (Å²) in [6, 6.07) is 6.30. The molecule has 1 heterocycles. The lowest BCUT2D eigenvalue weighted by Crippen LogP contribution is -2.48. The molecule has 0 saturated carbocycles. The van der Waals surface area contributed by atoms with Crippen molar-refractivity contribution in [2.45, 2.75) is 23.8 Å². The second-order valence-electron chi connectivity index (χ2n) is 5.27. The van der Waals surface area contributed by atoms with Crippen LogP contribution in [0.2, 0.25) is 0 Å². The number of nitrogens with zero attached hydrogens (tertiary/aromatic N) is 1. The van der Waals surface area contributed by atoms with Gasteiger partial charge in [-0.3, -0.25) is 0 Å². The zero-order valence-corrected chi connectivity index (χ0v) is 14.4. The van der Waals surface area contributed by atoms with Gasteiger partial charge in [0.25, 0.3) is 0 Å². The first kappa shape index (κ1) is 15.9. The van der Waals surface area contributed by atoms with Crippen molar-refractivity contribution in [1.29, 1.82) is 0 Å². The van der Waals surface area contributed by atoms with Gasteiger partial charge in [-0.25, -0.2) is 16.8 Å². The molecule has 1 atom stereocenters. The molecule has 5 nitrogen and oxygen atoms in total. The van der Waals surface area contributed by atoms with E-state index in [1.165, 1.54) is 23.5 Å². The van der Waals surface area contributed by atoms with Gasteiger partial charge in [-0.1, -0.05) is 15.9 Å². The van der Waals surface area contributed by atoms with Gasteiger partial charge in [-0.05, 0) is 37.6 Å². The first-order valence-electron chi connectivity index (χ1n) is 6.02. The van der Waals surface area contributed by atoms with Gasteiger partial charge in [-0.2, -0.15) is 4.31 Å². The monoisotopic (exact) mass is 381 g/mol. The molecule has 20 heavy (non-hydrogen) atoms. The van der Waals surface area contributed by atoms with Gasteiger partial charge in [-0.15, -0.1) is 0 Å². The summed E-state index contributed by atoms with van der Waals surface area (Å²) in [4.78, 5) is 0.161. The van der Waals surface area contributed by atoms with Gasteiger partial charge in [0.2, 0.25) is 10.0 Å². The number of hydrogen-bond acceptors (Lipinski definition) is 4. The molecule has 1 aliphatic heterocycles. The van der Waals surface area contributed by atoms with Gasteiger partial charge in [0.1, 0.15) is 0 Å². The Balaban J connectivity index is 2.37. The highest BCUT2D eigenvalue weighted by molar-refractivity contribution is 9.10. The summed E-state index contributed by atoms with van der Waals surface area (Å²) in [7, 11) is -5.42. The van der Waals surface area contributed by atoms with Crippen molar-refractivity contribution in [1.82, 2.24) is 4.31 Å². The molecule has 0 aliphatic carbocycles. The number of halogens is 1. The lowest BCUT2D eigenvalue weighted by Gasteiger charge is -2.33. The van der Waals surface area contributed by atoms with E-state index in [1.807, 2.05) is 0 Å². The van der Waals surface area contributed by atoms with Crippen LogP contribution >= 0.6 is 15.9 Å². The number of hydrogen-bond donors (Lipinski definition) is 0. The minimum Gasteiger partial charge on any atom is -0.229 e. The number of rotatable bonds is 3. The Morgan fingerprint density at radius 3 is 2.25 bits per heavy atom. The van der Waals surface area contributed by atoms with Crippen molar-refractivity contribution in [3.8, 4) is 0 Å². The first-order valence-corrected chi connectivity index (χ1v) is 10.1. The summed E-state index contributed by atoms with van der Waals surface area (Å²) >= 11 is 3.25. The molecule has 1 saturated heterocycles. The summed E-state index contributed by atoms with van der Waals surface area (Å²) in [5.74, 6) is -0.101. The molecule has 0 N–H and O–H groups in total. The minimum absolute atomic E-state index is 0.0314. The van der Waals surface area contributed by atoms with Gasteiger partial charge in [0.05, 0.1) is 16.4 Å². The third-order valence-corrected chi connectivity index (χ3v) is 8.16. The third-order valence-electron chi connectivity index (χ3n) is 3.71. The zero-order valence-electron chi connectivity index (χ0n) is 11.2. The molecule has 2 rings (SSSR count). The SMILES string of the molecule is CN([C@]1(C)CCS(=O)(=O)C1)S(=O)(=O)c1ccc(Br)cc1. The van der Waals surface area contributed by atoms with E-state index in [-0.39, 0.29) is 16.4 Å². The van der Waals surface area contributed by atoms with Crippen molar-refractivity contribution in [2.24, 2.45) is 0 Å². The van der Waals surface area contributed by atoms with Crippen molar-refractivity contribution in [2.75, 3.05) is 18.6 Å². The first-order chi connectivity index (χ1) is 9.07. The van der Waals surface area contributed by atoms with Crippen LogP contribution < -0.4 is 0 Å². The van der Waals surface area contributed by atoms with Crippen LogP contribution in [0.4, 0.5) is 0 Å². The molecular weight excluding hydrogens is 366 g/mol. The molecule has 0 amide bonds. The number of sulfone groups is 1. The van der Waals surface area contributed by atoms with Crippen LogP contribution in [0.15, 0.2) is 33.6 Å². The lowest BCUT2D eigenvalue weighted by molar-refractivity contribution is 0.272. The fourth-order valence-electron chi connectivity index (χ4n) is 2.30. The van der Waals surface area contributed by atoms with E-state index in [0.717, 1.165) is 4.47 Å². The van der Waals surface area contributed by atoms with E-state index in [9.17, 15) is 16.8 Å². The second-order valence-corrected chi connectivity index (χ2v) is 10.3. The summed E-state index contributed by atoms with van der Waals surface area (Å²) in [5.41, 5.74) is -0.884. The average Bonchev–Trinajstić information content (AvgIpc) is 2.64. The van der Waals surface area contributed by atoms with Crippen molar-refractivity contribution in [3.63, 3.8) is 0 Å². The predicted octanol–water partition coefficient (Wildman–Crippen LogP) is 1.65. The van der Waals surface area contributed by atoms with E-state index >= 15 is 0 Å². The Labute approximate surface area is 128 Å². The maximum absolute atomic E-state index is 12.6. The van der Waals surface area contributed by atoms with Gasteiger partial charge in [0.15, 0.2) is 9.84 Å². The molecule has 1 fully saturated rings. The summed E-state index contributed by atoms with van der Waals surface area (Å²) in [5, 5.41) is 0. The van der Waals surface area contributed by atoms with Crippen molar-refractivity contribution < 1.29 is 16.8 Å². The molecule has 0 radical (unpaired) electrons. The second kappa shape index (κ2) is 5.08. The molecular formula is C12H16BrNO4S2. The summed E-state index contributed by atoms with van der Waals surface area (Å²) in [6.07, 6.45) is 0.321. The number of benzene rings is 1. The molecule has 0 spiro atoms. The molecule has 0 unspecified atom stereocenters. The van der Waals surface area contributed by atoms with Crippen LogP contribution in [0.1, 0.15) is 13.3 Å². The molecule has 0 bridgehead atoms. The van der Waals surface area contributed by atoms with Crippen LogP contribution in [-0.4, -0.2) is 45.2 Å². The fraction of sp³-hybridized carbons (Fsp3) is 0.500. The van der Waals surface area contributed by atoms with Gasteiger partial charge in [0, 0.05) is 17.1 Å².